The lowest BCUT2D eigenvalue weighted by molar-refractivity contribution is -0.141. The molecule has 0 spiro atoms. The summed E-state index contributed by atoms with van der Waals surface area (Å²) in [6.07, 6.45) is 2.86. The summed E-state index contributed by atoms with van der Waals surface area (Å²) in [6, 6.07) is 6.27. The van der Waals surface area contributed by atoms with Crippen molar-refractivity contribution in [3.63, 3.8) is 0 Å². The number of ether oxygens (including phenoxy) is 2. The SMILES string of the molecule is COC(=O)CC1(CSCCOc2cc(C)ccc2C)CC1. The van der Waals surface area contributed by atoms with Crippen LogP contribution in [0, 0.1) is 19.3 Å². The third-order valence-electron chi connectivity index (χ3n) is 3.94. The Kier molecular flexibility index (Phi) is 5.57. The number of benzene rings is 1. The summed E-state index contributed by atoms with van der Waals surface area (Å²) in [5.74, 6) is 2.88. The van der Waals surface area contributed by atoms with E-state index in [4.69, 9.17) is 9.47 Å². The fourth-order valence-corrected chi connectivity index (χ4v) is 3.46. The Morgan fingerprint density at radius 3 is 2.76 bits per heavy atom. The van der Waals surface area contributed by atoms with Crippen LogP contribution in [0.1, 0.15) is 30.4 Å². The van der Waals surface area contributed by atoms with E-state index in [0.29, 0.717) is 13.0 Å². The summed E-state index contributed by atoms with van der Waals surface area (Å²) >= 11 is 1.87. The van der Waals surface area contributed by atoms with Gasteiger partial charge in [0.05, 0.1) is 20.1 Å². The number of esters is 1. The second-order valence-electron chi connectivity index (χ2n) is 5.92. The lowest BCUT2D eigenvalue weighted by Gasteiger charge is -2.14. The zero-order valence-electron chi connectivity index (χ0n) is 13.1. The minimum atomic E-state index is -0.0836. The highest BCUT2D eigenvalue weighted by atomic mass is 32.2. The van der Waals surface area contributed by atoms with Gasteiger partial charge in [0.25, 0.3) is 0 Å². The van der Waals surface area contributed by atoms with E-state index in [9.17, 15) is 4.79 Å². The minimum Gasteiger partial charge on any atom is -0.492 e. The van der Waals surface area contributed by atoms with Crippen molar-refractivity contribution in [1.29, 1.82) is 0 Å². The normalized spacial score (nSPS) is 15.6. The third-order valence-corrected chi connectivity index (χ3v) is 5.21. The molecule has 2 rings (SSSR count). The monoisotopic (exact) mass is 308 g/mol. The maximum atomic E-state index is 11.4. The Morgan fingerprint density at radius 1 is 1.33 bits per heavy atom. The molecule has 21 heavy (non-hydrogen) atoms. The van der Waals surface area contributed by atoms with Crippen molar-refractivity contribution in [2.75, 3.05) is 25.2 Å². The highest BCUT2D eigenvalue weighted by molar-refractivity contribution is 7.99. The number of carbonyl (C=O) groups is 1. The molecule has 0 radical (unpaired) electrons. The van der Waals surface area contributed by atoms with Gasteiger partial charge in [0, 0.05) is 5.75 Å². The zero-order valence-corrected chi connectivity index (χ0v) is 13.9. The van der Waals surface area contributed by atoms with E-state index in [0.717, 1.165) is 30.1 Å². The van der Waals surface area contributed by atoms with Crippen molar-refractivity contribution in [2.45, 2.75) is 33.1 Å². The predicted molar refractivity (Wildman–Crippen MR) is 87.0 cm³/mol. The van der Waals surface area contributed by atoms with Gasteiger partial charge in [-0.05, 0) is 55.1 Å². The van der Waals surface area contributed by atoms with Crippen molar-refractivity contribution in [3.8, 4) is 5.75 Å². The molecule has 1 aliphatic carbocycles. The highest BCUT2D eigenvalue weighted by Gasteiger charge is 2.44. The van der Waals surface area contributed by atoms with Crippen LogP contribution in [0.15, 0.2) is 18.2 Å². The molecular weight excluding hydrogens is 284 g/mol. The van der Waals surface area contributed by atoms with E-state index in [1.165, 1.54) is 18.2 Å². The second-order valence-corrected chi connectivity index (χ2v) is 7.03. The average Bonchev–Trinajstić information content (AvgIpc) is 3.22. The first kappa shape index (κ1) is 16.2. The van der Waals surface area contributed by atoms with E-state index in [2.05, 4.69) is 32.0 Å². The Balaban J connectivity index is 1.66. The van der Waals surface area contributed by atoms with Crippen molar-refractivity contribution >= 4 is 17.7 Å². The molecule has 1 aliphatic rings. The molecule has 1 fully saturated rings. The first-order chi connectivity index (χ1) is 10.0. The van der Waals surface area contributed by atoms with Gasteiger partial charge in [-0.25, -0.2) is 0 Å². The lowest BCUT2D eigenvalue weighted by atomic mass is 10.1. The minimum absolute atomic E-state index is 0.0836. The molecule has 0 unspecified atom stereocenters. The molecule has 0 N–H and O–H groups in total. The number of rotatable bonds is 8. The Bertz CT molecular complexity index is 495. The van der Waals surface area contributed by atoms with Crippen LogP contribution in [0.5, 0.6) is 5.75 Å². The quantitative estimate of drug-likeness (QED) is 0.541. The number of hydrogen-bond acceptors (Lipinski definition) is 4. The fourth-order valence-electron chi connectivity index (χ4n) is 2.29. The number of hydrogen-bond donors (Lipinski definition) is 0. The predicted octanol–water partition coefficient (Wildman–Crippen LogP) is 3.76. The summed E-state index contributed by atoms with van der Waals surface area (Å²) in [7, 11) is 1.46. The number of aryl methyl sites for hydroxylation is 2. The van der Waals surface area contributed by atoms with Gasteiger partial charge in [-0.3, -0.25) is 4.79 Å². The molecule has 0 bridgehead atoms. The van der Waals surface area contributed by atoms with Crippen LogP contribution in [0.3, 0.4) is 0 Å². The van der Waals surface area contributed by atoms with E-state index in [1.54, 1.807) is 0 Å². The van der Waals surface area contributed by atoms with Crippen molar-refractivity contribution in [2.24, 2.45) is 5.41 Å². The molecule has 1 aromatic carbocycles. The molecule has 116 valence electrons. The van der Waals surface area contributed by atoms with Gasteiger partial charge in [-0.1, -0.05) is 12.1 Å². The van der Waals surface area contributed by atoms with Crippen molar-refractivity contribution in [1.82, 2.24) is 0 Å². The van der Waals surface area contributed by atoms with Gasteiger partial charge >= 0.3 is 5.97 Å². The Labute approximate surface area is 131 Å². The maximum Gasteiger partial charge on any atom is 0.306 e. The number of thioether (sulfide) groups is 1. The van der Waals surface area contributed by atoms with Crippen molar-refractivity contribution < 1.29 is 14.3 Å². The first-order valence-electron chi connectivity index (χ1n) is 7.39. The summed E-state index contributed by atoms with van der Waals surface area (Å²) in [6.45, 7) is 4.85. The van der Waals surface area contributed by atoms with Crippen LogP contribution < -0.4 is 4.74 Å². The standard InChI is InChI=1S/C17H24O3S/c1-13-4-5-14(2)15(10-13)20-8-9-21-12-17(6-7-17)11-16(18)19-3/h4-5,10H,6-9,11-12H2,1-3H3. The summed E-state index contributed by atoms with van der Waals surface area (Å²) in [4.78, 5) is 11.4. The summed E-state index contributed by atoms with van der Waals surface area (Å²) < 4.78 is 10.6. The first-order valence-corrected chi connectivity index (χ1v) is 8.55. The van der Waals surface area contributed by atoms with E-state index < -0.39 is 0 Å². The summed E-state index contributed by atoms with van der Waals surface area (Å²) in [5.41, 5.74) is 2.60. The molecule has 3 nitrogen and oxygen atoms in total. The molecular formula is C17H24O3S. The largest absolute Gasteiger partial charge is 0.492 e. The maximum absolute atomic E-state index is 11.4. The average molecular weight is 308 g/mol. The molecule has 1 saturated carbocycles. The van der Waals surface area contributed by atoms with E-state index in [-0.39, 0.29) is 11.4 Å². The fraction of sp³-hybridized carbons (Fsp3) is 0.588. The van der Waals surface area contributed by atoms with Gasteiger partial charge in [0.1, 0.15) is 5.75 Å². The second kappa shape index (κ2) is 7.21. The number of carbonyl (C=O) groups excluding carboxylic acids is 1. The molecule has 0 aliphatic heterocycles. The van der Waals surface area contributed by atoms with Gasteiger partial charge in [0.2, 0.25) is 0 Å². The zero-order chi connectivity index (χ0) is 15.3. The molecule has 4 heteroatoms. The third kappa shape index (κ3) is 4.95. The number of methoxy groups -OCH3 is 1. The highest BCUT2D eigenvalue weighted by Crippen LogP contribution is 2.51. The Hall–Kier alpha value is -1.16. The van der Waals surface area contributed by atoms with Gasteiger partial charge < -0.3 is 9.47 Å². The van der Waals surface area contributed by atoms with E-state index >= 15 is 0 Å². The van der Waals surface area contributed by atoms with Crippen LogP contribution in [0.4, 0.5) is 0 Å². The molecule has 0 saturated heterocycles. The van der Waals surface area contributed by atoms with Crippen LogP contribution in [-0.2, 0) is 9.53 Å². The molecule has 0 amide bonds. The van der Waals surface area contributed by atoms with Gasteiger partial charge in [-0.15, -0.1) is 0 Å². The van der Waals surface area contributed by atoms with Crippen LogP contribution >= 0.6 is 11.8 Å². The molecule has 0 aromatic heterocycles. The topological polar surface area (TPSA) is 35.5 Å². The smallest absolute Gasteiger partial charge is 0.306 e. The summed E-state index contributed by atoms with van der Waals surface area (Å²) in [5, 5.41) is 0. The molecule has 1 aromatic rings. The Morgan fingerprint density at radius 2 is 2.10 bits per heavy atom. The van der Waals surface area contributed by atoms with Crippen LogP contribution in [0.25, 0.3) is 0 Å². The van der Waals surface area contributed by atoms with E-state index in [1.807, 2.05) is 11.8 Å². The van der Waals surface area contributed by atoms with Gasteiger partial charge in [0.15, 0.2) is 0 Å². The van der Waals surface area contributed by atoms with Crippen LogP contribution in [0.2, 0.25) is 0 Å². The lowest BCUT2D eigenvalue weighted by Crippen LogP contribution is -2.14. The molecule has 0 heterocycles. The van der Waals surface area contributed by atoms with Gasteiger partial charge in [-0.2, -0.15) is 11.8 Å². The van der Waals surface area contributed by atoms with Crippen molar-refractivity contribution in [3.05, 3.63) is 29.3 Å². The molecule has 0 atom stereocenters. The van der Waals surface area contributed by atoms with Crippen LogP contribution in [-0.4, -0.2) is 31.2 Å².